The van der Waals surface area contributed by atoms with Crippen molar-refractivity contribution in [3.63, 3.8) is 0 Å². The molecule has 1 rings (SSSR count). The highest BCUT2D eigenvalue weighted by Crippen LogP contribution is 2.21. The van der Waals surface area contributed by atoms with Gasteiger partial charge in [0.05, 0.1) is 5.38 Å². The Balaban J connectivity index is 2.75. The lowest BCUT2D eigenvalue weighted by molar-refractivity contribution is 0.882. The summed E-state index contributed by atoms with van der Waals surface area (Å²) in [6.07, 6.45) is 0.960. The summed E-state index contributed by atoms with van der Waals surface area (Å²) >= 11 is 5.96. The van der Waals surface area contributed by atoms with E-state index in [4.69, 9.17) is 11.6 Å². The summed E-state index contributed by atoms with van der Waals surface area (Å²) in [7, 11) is 0. The minimum Gasteiger partial charge on any atom is -0.118 e. The lowest BCUT2D eigenvalue weighted by atomic mass is 10.1. The van der Waals surface area contributed by atoms with Gasteiger partial charge in [0.1, 0.15) is 0 Å². The van der Waals surface area contributed by atoms with Crippen LogP contribution in [-0.4, -0.2) is 0 Å². The van der Waals surface area contributed by atoms with Crippen LogP contribution in [0.15, 0.2) is 24.3 Å². The fourth-order valence-electron chi connectivity index (χ4n) is 0.822. The summed E-state index contributed by atoms with van der Waals surface area (Å²) in [5, 5.41) is 0.126. The van der Waals surface area contributed by atoms with Crippen molar-refractivity contribution in [2.45, 2.75) is 18.7 Å². The Morgan fingerprint density at radius 2 is 2.40 bits per heavy atom. The highest BCUT2D eigenvalue weighted by molar-refractivity contribution is 6.20. The van der Waals surface area contributed by atoms with Crippen molar-refractivity contribution in [2.75, 3.05) is 0 Å². The van der Waals surface area contributed by atoms with Crippen LogP contribution in [0.3, 0.4) is 0 Å². The van der Waals surface area contributed by atoms with Crippen LogP contribution in [0, 0.1) is 6.07 Å². The van der Waals surface area contributed by atoms with Gasteiger partial charge in [-0.25, -0.2) is 0 Å². The molecule has 0 saturated heterocycles. The minimum absolute atomic E-state index is 0.126. The molecule has 1 aromatic carbocycles. The Hall–Kier alpha value is -0.490. The Kier molecular flexibility index (Phi) is 2.76. The van der Waals surface area contributed by atoms with E-state index in [0.29, 0.717) is 0 Å². The predicted molar refractivity (Wildman–Crippen MR) is 44.2 cm³/mol. The largest absolute Gasteiger partial charge is 0.118 e. The van der Waals surface area contributed by atoms with Gasteiger partial charge < -0.3 is 0 Å². The highest BCUT2D eigenvalue weighted by Gasteiger charge is 2.02. The lowest BCUT2D eigenvalue weighted by Gasteiger charge is -2.03. The molecular formula is C9H10Cl. The molecule has 1 aromatic rings. The van der Waals surface area contributed by atoms with E-state index >= 15 is 0 Å². The molecule has 53 valence electrons. The summed E-state index contributed by atoms with van der Waals surface area (Å²) in [5.74, 6) is 0. The Morgan fingerprint density at radius 1 is 1.60 bits per heavy atom. The number of benzene rings is 1. The first-order valence-corrected chi connectivity index (χ1v) is 3.89. The minimum atomic E-state index is 0.126. The number of rotatable bonds is 2. The summed E-state index contributed by atoms with van der Waals surface area (Å²) in [6, 6.07) is 10.9. The van der Waals surface area contributed by atoms with Crippen molar-refractivity contribution in [3.8, 4) is 0 Å². The third-order valence-corrected chi connectivity index (χ3v) is 1.97. The average Bonchev–Trinajstić information content (AvgIpc) is 2.05. The first-order valence-electron chi connectivity index (χ1n) is 3.45. The van der Waals surface area contributed by atoms with Crippen molar-refractivity contribution in [1.82, 2.24) is 0 Å². The van der Waals surface area contributed by atoms with Gasteiger partial charge in [-0.15, -0.1) is 11.6 Å². The van der Waals surface area contributed by atoms with E-state index in [9.17, 15) is 0 Å². The van der Waals surface area contributed by atoms with E-state index in [1.165, 1.54) is 0 Å². The van der Waals surface area contributed by atoms with Crippen molar-refractivity contribution in [1.29, 1.82) is 0 Å². The van der Waals surface area contributed by atoms with Crippen LogP contribution in [0.2, 0.25) is 0 Å². The summed E-state index contributed by atoms with van der Waals surface area (Å²) < 4.78 is 0. The number of halogens is 1. The molecule has 0 heterocycles. The topological polar surface area (TPSA) is 0 Å². The molecule has 1 unspecified atom stereocenters. The maximum atomic E-state index is 5.96. The van der Waals surface area contributed by atoms with Gasteiger partial charge >= 0.3 is 0 Å². The van der Waals surface area contributed by atoms with Gasteiger partial charge in [-0.2, -0.15) is 0 Å². The molecule has 0 aliphatic rings. The molecule has 0 fully saturated rings. The normalized spacial score (nSPS) is 13.0. The molecule has 0 aromatic heterocycles. The van der Waals surface area contributed by atoms with E-state index < -0.39 is 0 Å². The standard InChI is InChI=1S/C9H10Cl/c1-2-9(10)8-6-4-3-5-7-8/h3-6,9H,2H2,1H3. The molecule has 0 aliphatic carbocycles. The second kappa shape index (κ2) is 3.62. The molecule has 1 heteroatoms. The van der Waals surface area contributed by atoms with Gasteiger partial charge in [-0.3, -0.25) is 0 Å². The molecule has 1 atom stereocenters. The molecular weight excluding hydrogens is 144 g/mol. The van der Waals surface area contributed by atoms with Crippen LogP contribution in [-0.2, 0) is 0 Å². The summed E-state index contributed by atoms with van der Waals surface area (Å²) in [5.41, 5.74) is 1.09. The number of hydrogen-bond acceptors (Lipinski definition) is 0. The van der Waals surface area contributed by atoms with Crippen LogP contribution in [0.5, 0.6) is 0 Å². The molecule has 10 heavy (non-hydrogen) atoms. The molecule has 1 radical (unpaired) electrons. The monoisotopic (exact) mass is 153 g/mol. The van der Waals surface area contributed by atoms with Gasteiger partial charge in [-0.1, -0.05) is 31.2 Å². The van der Waals surface area contributed by atoms with E-state index in [-0.39, 0.29) is 5.38 Å². The van der Waals surface area contributed by atoms with E-state index in [1.54, 1.807) is 0 Å². The van der Waals surface area contributed by atoms with Gasteiger partial charge in [0.15, 0.2) is 0 Å². The van der Waals surface area contributed by atoms with Crippen LogP contribution in [0.25, 0.3) is 0 Å². The first kappa shape index (κ1) is 7.62. The maximum absolute atomic E-state index is 5.96. The quantitative estimate of drug-likeness (QED) is 0.573. The fraction of sp³-hybridized carbons (Fsp3) is 0.333. The van der Waals surface area contributed by atoms with E-state index in [2.05, 4.69) is 13.0 Å². The number of alkyl halides is 1. The molecule has 0 bridgehead atoms. The van der Waals surface area contributed by atoms with Crippen molar-refractivity contribution in [2.24, 2.45) is 0 Å². The van der Waals surface area contributed by atoms with E-state index in [1.807, 2.05) is 24.3 Å². The summed E-state index contributed by atoms with van der Waals surface area (Å²) in [4.78, 5) is 0. The highest BCUT2D eigenvalue weighted by atomic mass is 35.5. The SMILES string of the molecule is CCC(Cl)c1[c]cccc1. The molecule has 0 spiro atoms. The van der Waals surface area contributed by atoms with Gasteiger partial charge in [-0.05, 0) is 18.1 Å². The van der Waals surface area contributed by atoms with Gasteiger partial charge in [0.25, 0.3) is 0 Å². The lowest BCUT2D eigenvalue weighted by Crippen LogP contribution is -1.85. The zero-order valence-corrected chi connectivity index (χ0v) is 6.73. The second-order valence-electron chi connectivity index (χ2n) is 2.19. The average molecular weight is 154 g/mol. The predicted octanol–water partition coefficient (Wildman–Crippen LogP) is 3.18. The van der Waals surface area contributed by atoms with Crippen LogP contribution in [0.1, 0.15) is 24.3 Å². The molecule has 0 amide bonds. The first-order chi connectivity index (χ1) is 4.84. The molecule has 0 saturated carbocycles. The molecule has 0 nitrogen and oxygen atoms in total. The molecule has 0 N–H and O–H groups in total. The van der Waals surface area contributed by atoms with Crippen LogP contribution in [0.4, 0.5) is 0 Å². The third kappa shape index (κ3) is 1.74. The second-order valence-corrected chi connectivity index (χ2v) is 2.72. The van der Waals surface area contributed by atoms with Crippen LogP contribution < -0.4 is 0 Å². The van der Waals surface area contributed by atoms with E-state index in [0.717, 1.165) is 12.0 Å². The van der Waals surface area contributed by atoms with Gasteiger partial charge in [0, 0.05) is 0 Å². The van der Waals surface area contributed by atoms with Crippen LogP contribution >= 0.6 is 11.6 Å². The Morgan fingerprint density at radius 3 is 2.90 bits per heavy atom. The van der Waals surface area contributed by atoms with Crippen molar-refractivity contribution in [3.05, 3.63) is 35.9 Å². The van der Waals surface area contributed by atoms with Gasteiger partial charge in [0.2, 0.25) is 0 Å². The number of hydrogen-bond donors (Lipinski definition) is 0. The third-order valence-electron chi connectivity index (χ3n) is 1.43. The smallest absolute Gasteiger partial charge is 0.0588 e. The summed E-state index contributed by atoms with van der Waals surface area (Å²) in [6.45, 7) is 2.07. The van der Waals surface area contributed by atoms with Crippen molar-refractivity contribution >= 4 is 11.6 Å². The fourth-order valence-corrected chi connectivity index (χ4v) is 0.958. The maximum Gasteiger partial charge on any atom is 0.0588 e. The Labute approximate surface area is 66.8 Å². The molecule has 0 aliphatic heterocycles. The Bertz CT molecular complexity index is 181. The zero-order chi connectivity index (χ0) is 7.40. The van der Waals surface area contributed by atoms with Crippen molar-refractivity contribution < 1.29 is 0 Å². The zero-order valence-electron chi connectivity index (χ0n) is 5.97.